The Kier molecular flexibility index (Phi) is 2.48. The van der Waals surface area contributed by atoms with Crippen LogP contribution in [0.5, 0.6) is 0 Å². The summed E-state index contributed by atoms with van der Waals surface area (Å²) in [6, 6.07) is 10.1. The summed E-state index contributed by atoms with van der Waals surface area (Å²) >= 11 is 0. The van der Waals surface area contributed by atoms with E-state index in [2.05, 4.69) is 20.6 Å². The third kappa shape index (κ3) is 1.82. The Bertz CT molecular complexity index is 700. The fraction of sp³-hybridized carbons (Fsp3) is 0.143. The van der Waals surface area contributed by atoms with Gasteiger partial charge in [-0.3, -0.25) is 0 Å². The lowest BCUT2D eigenvalue weighted by molar-refractivity contribution is 0.762. The highest BCUT2D eigenvalue weighted by Crippen LogP contribution is 2.19. The van der Waals surface area contributed by atoms with E-state index in [-0.39, 0.29) is 0 Å². The van der Waals surface area contributed by atoms with E-state index in [1.807, 2.05) is 37.4 Å². The molecule has 0 saturated heterocycles. The molecule has 3 aromatic rings. The number of nitrogens with zero attached hydrogens (tertiary/aromatic N) is 3. The summed E-state index contributed by atoms with van der Waals surface area (Å²) in [6.45, 7) is 2.68. The largest absolute Gasteiger partial charge is 0.383 e. The molecule has 0 fully saturated rings. The van der Waals surface area contributed by atoms with Gasteiger partial charge in [0.1, 0.15) is 11.6 Å². The van der Waals surface area contributed by atoms with Gasteiger partial charge in [-0.1, -0.05) is 18.2 Å². The van der Waals surface area contributed by atoms with Gasteiger partial charge < -0.3 is 10.3 Å². The fourth-order valence-corrected chi connectivity index (χ4v) is 2.06. The van der Waals surface area contributed by atoms with Gasteiger partial charge in [-0.15, -0.1) is 0 Å². The summed E-state index contributed by atoms with van der Waals surface area (Å²) in [4.78, 5) is 8.64. The lowest BCUT2D eigenvalue weighted by atomic mass is 10.1. The second kappa shape index (κ2) is 4.14. The first-order valence-corrected chi connectivity index (χ1v) is 5.86. The summed E-state index contributed by atoms with van der Waals surface area (Å²) in [5, 5.41) is 1.11. The quantitative estimate of drug-likeness (QED) is 0.745. The number of benzene rings is 1. The van der Waals surface area contributed by atoms with Crippen LogP contribution in [0.3, 0.4) is 0 Å². The number of hydrogen-bond donors (Lipinski definition) is 1. The minimum absolute atomic E-state index is 0.585. The monoisotopic (exact) mass is 238 g/mol. The molecule has 0 atom stereocenters. The maximum Gasteiger partial charge on any atom is 0.129 e. The summed E-state index contributed by atoms with van der Waals surface area (Å²) in [5.41, 5.74) is 7.96. The van der Waals surface area contributed by atoms with Gasteiger partial charge in [0.15, 0.2) is 0 Å². The molecule has 2 heterocycles. The predicted molar refractivity (Wildman–Crippen MR) is 72.2 cm³/mol. The van der Waals surface area contributed by atoms with Gasteiger partial charge in [0.25, 0.3) is 0 Å². The standard InChI is InChI=1S/C14H14N4/c1-10-16-6-7-18(10)9-12-8-11-4-2-3-5-13(11)17-14(12)15/h2-8H,9H2,1H3,(H2,15,17). The normalized spacial score (nSPS) is 10.9. The predicted octanol–water partition coefficient (Wildman–Crippen LogP) is 2.37. The van der Waals surface area contributed by atoms with Crippen molar-refractivity contribution in [2.75, 3.05) is 5.73 Å². The van der Waals surface area contributed by atoms with Crippen LogP contribution in [0.4, 0.5) is 5.82 Å². The Hall–Kier alpha value is -2.36. The molecule has 0 saturated carbocycles. The zero-order valence-corrected chi connectivity index (χ0v) is 10.2. The van der Waals surface area contributed by atoms with Crippen LogP contribution < -0.4 is 5.73 Å². The number of aromatic nitrogens is 3. The van der Waals surface area contributed by atoms with Crippen molar-refractivity contribution in [2.45, 2.75) is 13.5 Å². The van der Waals surface area contributed by atoms with Crippen molar-refractivity contribution in [1.29, 1.82) is 0 Å². The van der Waals surface area contributed by atoms with Crippen LogP contribution in [-0.4, -0.2) is 14.5 Å². The average molecular weight is 238 g/mol. The lowest BCUT2D eigenvalue weighted by Crippen LogP contribution is -2.05. The molecule has 0 aliphatic carbocycles. The van der Waals surface area contributed by atoms with Gasteiger partial charge in [0, 0.05) is 23.3 Å². The maximum atomic E-state index is 6.01. The molecule has 4 nitrogen and oxygen atoms in total. The minimum atomic E-state index is 0.585. The van der Waals surface area contributed by atoms with Crippen molar-refractivity contribution in [3.05, 3.63) is 54.1 Å². The van der Waals surface area contributed by atoms with Crippen molar-refractivity contribution in [3.63, 3.8) is 0 Å². The Morgan fingerprint density at radius 2 is 2.11 bits per heavy atom. The lowest BCUT2D eigenvalue weighted by Gasteiger charge is -2.09. The summed E-state index contributed by atoms with van der Waals surface area (Å²) < 4.78 is 2.06. The fourth-order valence-electron chi connectivity index (χ4n) is 2.06. The smallest absolute Gasteiger partial charge is 0.129 e. The van der Waals surface area contributed by atoms with Gasteiger partial charge in [-0.25, -0.2) is 9.97 Å². The second-order valence-corrected chi connectivity index (χ2v) is 4.33. The van der Waals surface area contributed by atoms with E-state index in [0.29, 0.717) is 12.4 Å². The van der Waals surface area contributed by atoms with E-state index in [1.165, 1.54) is 0 Å². The maximum absolute atomic E-state index is 6.01. The van der Waals surface area contributed by atoms with Crippen LogP contribution in [0.1, 0.15) is 11.4 Å². The van der Waals surface area contributed by atoms with Gasteiger partial charge in [-0.2, -0.15) is 0 Å². The molecule has 2 aromatic heterocycles. The number of anilines is 1. The van der Waals surface area contributed by atoms with Crippen LogP contribution in [0.15, 0.2) is 42.7 Å². The zero-order chi connectivity index (χ0) is 12.5. The molecule has 18 heavy (non-hydrogen) atoms. The zero-order valence-electron chi connectivity index (χ0n) is 10.2. The van der Waals surface area contributed by atoms with Crippen molar-refractivity contribution in [3.8, 4) is 0 Å². The Morgan fingerprint density at radius 3 is 2.89 bits per heavy atom. The molecule has 0 spiro atoms. The molecular formula is C14H14N4. The van der Waals surface area contributed by atoms with Crippen LogP contribution in [0, 0.1) is 6.92 Å². The number of aryl methyl sites for hydroxylation is 1. The molecule has 0 bridgehead atoms. The number of para-hydroxylation sites is 1. The summed E-state index contributed by atoms with van der Waals surface area (Å²) in [6.07, 6.45) is 3.74. The molecule has 0 aliphatic rings. The number of rotatable bonds is 2. The van der Waals surface area contributed by atoms with Crippen molar-refractivity contribution >= 4 is 16.7 Å². The van der Waals surface area contributed by atoms with Crippen LogP contribution in [0.25, 0.3) is 10.9 Å². The van der Waals surface area contributed by atoms with E-state index in [0.717, 1.165) is 22.3 Å². The van der Waals surface area contributed by atoms with Crippen molar-refractivity contribution in [2.24, 2.45) is 0 Å². The van der Waals surface area contributed by atoms with Gasteiger partial charge >= 0.3 is 0 Å². The van der Waals surface area contributed by atoms with E-state index in [4.69, 9.17) is 5.73 Å². The molecule has 90 valence electrons. The molecule has 3 rings (SSSR count). The van der Waals surface area contributed by atoms with Gasteiger partial charge in [-0.05, 0) is 19.1 Å². The van der Waals surface area contributed by atoms with E-state index in [9.17, 15) is 0 Å². The Balaban J connectivity index is 2.06. The molecule has 0 amide bonds. The number of pyridine rings is 1. The van der Waals surface area contributed by atoms with Crippen LogP contribution >= 0.6 is 0 Å². The number of hydrogen-bond acceptors (Lipinski definition) is 3. The second-order valence-electron chi connectivity index (χ2n) is 4.33. The highest BCUT2D eigenvalue weighted by atomic mass is 15.1. The third-order valence-electron chi connectivity index (χ3n) is 3.10. The van der Waals surface area contributed by atoms with E-state index >= 15 is 0 Å². The van der Waals surface area contributed by atoms with Crippen molar-refractivity contribution < 1.29 is 0 Å². The Morgan fingerprint density at radius 1 is 1.28 bits per heavy atom. The molecule has 4 heteroatoms. The molecule has 0 unspecified atom stereocenters. The molecule has 0 radical (unpaired) electrons. The minimum Gasteiger partial charge on any atom is -0.383 e. The topological polar surface area (TPSA) is 56.7 Å². The number of imidazole rings is 1. The summed E-state index contributed by atoms with van der Waals surface area (Å²) in [5.74, 6) is 1.56. The van der Waals surface area contributed by atoms with E-state index in [1.54, 1.807) is 6.20 Å². The molecule has 0 aliphatic heterocycles. The highest BCUT2D eigenvalue weighted by Gasteiger charge is 2.05. The van der Waals surface area contributed by atoms with Crippen LogP contribution in [0.2, 0.25) is 0 Å². The SMILES string of the molecule is Cc1nccn1Cc1cc2ccccc2nc1N. The first-order valence-electron chi connectivity index (χ1n) is 5.86. The first-order chi connectivity index (χ1) is 8.74. The van der Waals surface area contributed by atoms with Gasteiger partial charge in [0.05, 0.1) is 12.1 Å². The van der Waals surface area contributed by atoms with Gasteiger partial charge in [0.2, 0.25) is 0 Å². The molecular weight excluding hydrogens is 224 g/mol. The third-order valence-corrected chi connectivity index (χ3v) is 3.10. The number of fused-ring (bicyclic) bond motifs is 1. The molecule has 2 N–H and O–H groups in total. The van der Waals surface area contributed by atoms with Crippen LogP contribution in [-0.2, 0) is 6.54 Å². The average Bonchev–Trinajstić information content (AvgIpc) is 2.76. The number of nitrogen functional groups attached to an aromatic ring is 1. The Labute approximate surface area is 105 Å². The highest BCUT2D eigenvalue weighted by molar-refractivity contribution is 5.81. The first kappa shape index (κ1) is 10.8. The number of nitrogens with two attached hydrogens (primary N) is 1. The molecule has 1 aromatic carbocycles. The summed E-state index contributed by atoms with van der Waals surface area (Å²) in [7, 11) is 0. The van der Waals surface area contributed by atoms with Crippen molar-refractivity contribution in [1.82, 2.24) is 14.5 Å². The van der Waals surface area contributed by atoms with E-state index < -0.39 is 0 Å².